The van der Waals surface area contributed by atoms with Gasteiger partial charge >= 0.3 is 5.97 Å². The Morgan fingerprint density at radius 1 is 1.03 bits per heavy atom. The number of ether oxygens (including phenoxy) is 3. The standard InChI is InChI=1S/C21H24O8/c1-10(2)21(26)28-11(3)27-19-9-14-16(24)7-13(22)8-18(14)29-20(19)12-4-5-15(23)17(25)6-12/h4-8,10-11,19-20,22-25H,9H2,1-3H3/t11?,19-,20-/m1/s1. The number of carbonyl (C=O) groups is 1. The maximum atomic E-state index is 11.9. The molecule has 1 unspecified atom stereocenters. The number of phenols is 4. The van der Waals surface area contributed by atoms with Crippen molar-refractivity contribution in [1.82, 2.24) is 0 Å². The van der Waals surface area contributed by atoms with E-state index in [4.69, 9.17) is 14.2 Å². The van der Waals surface area contributed by atoms with Crippen LogP contribution in [0.4, 0.5) is 0 Å². The van der Waals surface area contributed by atoms with E-state index in [1.807, 2.05) is 0 Å². The van der Waals surface area contributed by atoms with Crippen molar-refractivity contribution in [2.75, 3.05) is 0 Å². The highest BCUT2D eigenvalue weighted by atomic mass is 16.7. The molecular formula is C21H24O8. The summed E-state index contributed by atoms with van der Waals surface area (Å²) in [4.78, 5) is 11.9. The van der Waals surface area contributed by atoms with Crippen LogP contribution in [0.25, 0.3) is 0 Å². The molecule has 1 heterocycles. The summed E-state index contributed by atoms with van der Waals surface area (Å²) in [5, 5.41) is 39.4. The number of phenolic OH excluding ortho intramolecular Hbond substituents is 4. The van der Waals surface area contributed by atoms with Gasteiger partial charge in [-0.25, -0.2) is 0 Å². The second kappa shape index (κ2) is 8.08. The summed E-state index contributed by atoms with van der Waals surface area (Å²) in [5.41, 5.74) is 0.940. The zero-order valence-corrected chi connectivity index (χ0v) is 16.3. The van der Waals surface area contributed by atoms with Crippen LogP contribution in [-0.2, 0) is 20.7 Å². The maximum absolute atomic E-state index is 11.9. The van der Waals surface area contributed by atoms with Crippen molar-refractivity contribution in [3.05, 3.63) is 41.5 Å². The monoisotopic (exact) mass is 404 g/mol. The van der Waals surface area contributed by atoms with Gasteiger partial charge in [0.2, 0.25) is 6.29 Å². The lowest BCUT2D eigenvalue weighted by Gasteiger charge is -2.35. The zero-order chi connectivity index (χ0) is 21.3. The van der Waals surface area contributed by atoms with Crippen LogP contribution in [0, 0.1) is 5.92 Å². The normalized spacial score (nSPS) is 19.3. The molecule has 0 bridgehead atoms. The Kier molecular flexibility index (Phi) is 5.74. The largest absolute Gasteiger partial charge is 0.508 e. The Bertz CT molecular complexity index is 908. The van der Waals surface area contributed by atoms with E-state index in [0.29, 0.717) is 11.1 Å². The van der Waals surface area contributed by atoms with Gasteiger partial charge in [0.05, 0.1) is 5.92 Å². The van der Waals surface area contributed by atoms with Crippen molar-refractivity contribution in [2.45, 2.75) is 45.7 Å². The number of carbonyl (C=O) groups excluding carboxylic acids is 1. The van der Waals surface area contributed by atoms with Crippen molar-refractivity contribution in [3.8, 4) is 28.7 Å². The number of hydrogen-bond acceptors (Lipinski definition) is 8. The highest BCUT2D eigenvalue weighted by molar-refractivity contribution is 5.71. The second-order valence-corrected chi connectivity index (χ2v) is 7.27. The lowest BCUT2D eigenvalue weighted by atomic mass is 9.93. The van der Waals surface area contributed by atoms with Crippen LogP contribution in [0.1, 0.15) is 38.0 Å². The molecule has 0 spiro atoms. The summed E-state index contributed by atoms with van der Waals surface area (Å²) in [6, 6.07) is 6.81. The molecule has 1 aliphatic rings. The van der Waals surface area contributed by atoms with Crippen molar-refractivity contribution < 1.29 is 39.4 Å². The first-order valence-electron chi connectivity index (χ1n) is 9.25. The van der Waals surface area contributed by atoms with E-state index in [2.05, 4.69) is 0 Å². The number of aromatic hydroxyl groups is 4. The Hall–Kier alpha value is -3.13. The number of rotatable bonds is 5. The number of fused-ring (bicyclic) bond motifs is 1. The Morgan fingerprint density at radius 2 is 1.76 bits per heavy atom. The molecule has 0 saturated carbocycles. The average Bonchev–Trinajstić information content (AvgIpc) is 2.63. The minimum atomic E-state index is -0.882. The van der Waals surface area contributed by atoms with Crippen LogP contribution < -0.4 is 4.74 Å². The fourth-order valence-electron chi connectivity index (χ4n) is 3.14. The third-order valence-corrected chi connectivity index (χ3v) is 4.62. The van der Waals surface area contributed by atoms with Gasteiger partial charge in [-0.2, -0.15) is 0 Å². The predicted octanol–water partition coefficient (Wildman–Crippen LogP) is 3.12. The third kappa shape index (κ3) is 4.48. The molecular weight excluding hydrogens is 380 g/mol. The number of hydrogen-bond donors (Lipinski definition) is 4. The minimum Gasteiger partial charge on any atom is -0.508 e. The molecule has 156 valence electrons. The van der Waals surface area contributed by atoms with Crippen LogP contribution in [-0.4, -0.2) is 38.8 Å². The lowest BCUT2D eigenvalue weighted by molar-refractivity contribution is -0.198. The van der Waals surface area contributed by atoms with Crippen molar-refractivity contribution in [3.63, 3.8) is 0 Å². The molecule has 0 aliphatic carbocycles. The van der Waals surface area contributed by atoms with Crippen LogP contribution in [0.2, 0.25) is 0 Å². The summed E-state index contributed by atoms with van der Waals surface area (Å²) in [6.45, 7) is 5.00. The summed E-state index contributed by atoms with van der Waals surface area (Å²) in [7, 11) is 0. The summed E-state index contributed by atoms with van der Waals surface area (Å²) in [5.74, 6) is -1.38. The van der Waals surface area contributed by atoms with Gasteiger partial charge < -0.3 is 34.6 Å². The molecule has 0 fully saturated rings. The van der Waals surface area contributed by atoms with Gasteiger partial charge in [0, 0.05) is 24.1 Å². The molecule has 3 rings (SSSR count). The van der Waals surface area contributed by atoms with Gasteiger partial charge in [-0.3, -0.25) is 4.79 Å². The summed E-state index contributed by atoms with van der Waals surface area (Å²) < 4.78 is 17.1. The van der Waals surface area contributed by atoms with Crippen LogP contribution >= 0.6 is 0 Å². The van der Waals surface area contributed by atoms with Crippen LogP contribution in [0.3, 0.4) is 0 Å². The smallest absolute Gasteiger partial charge is 0.310 e. The molecule has 8 nitrogen and oxygen atoms in total. The van der Waals surface area contributed by atoms with E-state index in [9.17, 15) is 25.2 Å². The van der Waals surface area contributed by atoms with E-state index in [1.54, 1.807) is 26.8 Å². The lowest BCUT2D eigenvalue weighted by Crippen LogP contribution is -2.37. The molecule has 0 amide bonds. The fourth-order valence-corrected chi connectivity index (χ4v) is 3.14. The molecule has 1 aliphatic heterocycles. The second-order valence-electron chi connectivity index (χ2n) is 7.27. The van der Waals surface area contributed by atoms with Gasteiger partial charge in [-0.15, -0.1) is 0 Å². The van der Waals surface area contributed by atoms with E-state index < -0.39 is 24.5 Å². The molecule has 0 saturated heterocycles. The molecule has 4 N–H and O–H groups in total. The molecule has 0 aromatic heterocycles. The van der Waals surface area contributed by atoms with E-state index in [1.165, 1.54) is 24.3 Å². The zero-order valence-electron chi connectivity index (χ0n) is 16.3. The summed E-state index contributed by atoms with van der Waals surface area (Å²) in [6.07, 6.45) is -2.11. The van der Waals surface area contributed by atoms with Gasteiger partial charge in [0.15, 0.2) is 17.6 Å². The van der Waals surface area contributed by atoms with Crippen molar-refractivity contribution in [2.24, 2.45) is 5.92 Å². The molecule has 3 atom stereocenters. The quantitative estimate of drug-likeness (QED) is 0.340. The van der Waals surface area contributed by atoms with Gasteiger partial charge in [-0.1, -0.05) is 19.9 Å². The summed E-state index contributed by atoms with van der Waals surface area (Å²) >= 11 is 0. The van der Waals surface area contributed by atoms with E-state index in [0.717, 1.165) is 0 Å². The first-order chi connectivity index (χ1) is 13.7. The van der Waals surface area contributed by atoms with Crippen molar-refractivity contribution >= 4 is 5.97 Å². The van der Waals surface area contributed by atoms with Crippen LogP contribution in [0.15, 0.2) is 30.3 Å². The Labute approximate surface area is 167 Å². The van der Waals surface area contributed by atoms with Gasteiger partial charge in [0.25, 0.3) is 0 Å². The highest BCUT2D eigenvalue weighted by Gasteiger charge is 2.36. The molecule has 2 aromatic carbocycles. The first-order valence-corrected chi connectivity index (χ1v) is 9.25. The molecule has 29 heavy (non-hydrogen) atoms. The first kappa shape index (κ1) is 20.6. The Balaban J connectivity index is 1.92. The average molecular weight is 404 g/mol. The van der Waals surface area contributed by atoms with E-state index >= 15 is 0 Å². The van der Waals surface area contributed by atoms with Crippen LogP contribution in [0.5, 0.6) is 28.7 Å². The molecule has 2 aromatic rings. The fraction of sp³-hybridized carbons (Fsp3) is 0.381. The predicted molar refractivity (Wildman–Crippen MR) is 102 cm³/mol. The molecule has 8 heteroatoms. The molecule has 0 radical (unpaired) electrons. The minimum absolute atomic E-state index is 0.146. The topological polar surface area (TPSA) is 126 Å². The third-order valence-electron chi connectivity index (χ3n) is 4.62. The van der Waals surface area contributed by atoms with Gasteiger partial charge in [0.1, 0.15) is 23.4 Å². The van der Waals surface area contributed by atoms with E-state index in [-0.39, 0.29) is 41.1 Å². The highest BCUT2D eigenvalue weighted by Crippen LogP contribution is 2.44. The van der Waals surface area contributed by atoms with Gasteiger partial charge in [-0.05, 0) is 24.6 Å². The number of benzene rings is 2. The van der Waals surface area contributed by atoms with Crippen molar-refractivity contribution in [1.29, 1.82) is 0 Å². The Morgan fingerprint density at radius 3 is 2.41 bits per heavy atom. The maximum Gasteiger partial charge on any atom is 0.310 e. The number of esters is 1. The SMILES string of the molecule is CC(OC(=O)C(C)C)O[C@@H]1Cc2c(O)cc(O)cc2O[C@@H]1c1ccc(O)c(O)c1.